The first-order chi connectivity index (χ1) is 10.5. The molecule has 114 valence electrons. The summed E-state index contributed by atoms with van der Waals surface area (Å²) in [5, 5.41) is 6.89. The van der Waals surface area contributed by atoms with Gasteiger partial charge in [0.05, 0.1) is 10.6 Å². The van der Waals surface area contributed by atoms with Crippen molar-refractivity contribution in [2.45, 2.75) is 11.1 Å². The van der Waals surface area contributed by atoms with Gasteiger partial charge in [-0.1, -0.05) is 12.1 Å². The quantitative estimate of drug-likeness (QED) is 0.766. The van der Waals surface area contributed by atoms with Crippen LogP contribution >= 0.6 is 11.3 Å². The molecular weight excluding hydrogens is 325 g/mol. The smallest absolute Gasteiger partial charge is 0.271 e. The number of aryl methyl sites for hydroxylation is 1. The normalized spacial score (nSPS) is 11.5. The first kappa shape index (κ1) is 14.7. The van der Waals surface area contributed by atoms with Crippen molar-refractivity contribution in [2.24, 2.45) is 0 Å². The van der Waals surface area contributed by atoms with E-state index in [0.29, 0.717) is 5.69 Å². The molecule has 0 spiro atoms. The van der Waals surface area contributed by atoms with E-state index in [1.165, 1.54) is 24.3 Å². The number of aromatic nitrogens is 2. The molecule has 0 aliphatic heterocycles. The molecule has 3 aromatic rings. The number of nitrogens with one attached hydrogen (secondary N) is 2. The molecule has 1 aromatic carbocycles. The van der Waals surface area contributed by atoms with Gasteiger partial charge in [-0.15, -0.1) is 11.3 Å². The van der Waals surface area contributed by atoms with Gasteiger partial charge in [0.1, 0.15) is 15.7 Å². The molecule has 0 saturated heterocycles. The Labute approximate surface area is 130 Å². The van der Waals surface area contributed by atoms with Crippen LogP contribution in [0.5, 0.6) is 0 Å². The zero-order chi connectivity index (χ0) is 15.7. The van der Waals surface area contributed by atoms with Crippen LogP contribution in [-0.2, 0) is 10.0 Å². The summed E-state index contributed by atoms with van der Waals surface area (Å²) < 4.78 is 40.5. The van der Waals surface area contributed by atoms with Crippen molar-refractivity contribution >= 4 is 27.0 Å². The number of halogens is 1. The largest absolute Gasteiger partial charge is 0.282 e. The average molecular weight is 337 g/mol. The van der Waals surface area contributed by atoms with E-state index in [0.717, 1.165) is 21.9 Å². The number of sulfonamides is 1. The second kappa shape index (κ2) is 5.54. The number of rotatable bonds is 4. The summed E-state index contributed by atoms with van der Waals surface area (Å²) in [4.78, 5) is 0.721. The van der Waals surface area contributed by atoms with Gasteiger partial charge in [-0.3, -0.25) is 9.82 Å². The number of para-hydroxylation sites is 1. The Morgan fingerprint density at radius 1 is 1.23 bits per heavy atom. The Kier molecular flexibility index (Phi) is 3.71. The number of H-pyrrole nitrogens is 1. The minimum absolute atomic E-state index is 0.0759. The third-order valence-corrected chi connectivity index (χ3v) is 5.89. The average Bonchev–Trinajstić information content (AvgIpc) is 3.10. The summed E-state index contributed by atoms with van der Waals surface area (Å²) in [7, 11) is -3.83. The van der Waals surface area contributed by atoms with Crippen LogP contribution in [0.1, 0.15) is 5.69 Å². The summed E-state index contributed by atoms with van der Waals surface area (Å²) in [6.45, 7) is 1.86. The van der Waals surface area contributed by atoms with E-state index >= 15 is 0 Å². The fraction of sp³-hybridized carbons (Fsp3) is 0.0714. The maximum Gasteiger partial charge on any atom is 0.271 e. The number of hydrogen-bond acceptors (Lipinski definition) is 4. The van der Waals surface area contributed by atoms with Gasteiger partial charge < -0.3 is 0 Å². The highest BCUT2D eigenvalue weighted by Gasteiger charge is 2.19. The SMILES string of the molecule is Cc1cc(-c2ccc(S(=O)(=O)Nc3ccccc3F)s2)n[nH]1. The Hall–Kier alpha value is -2.19. The molecule has 0 aliphatic carbocycles. The number of anilines is 1. The number of nitrogens with zero attached hydrogens (tertiary/aromatic N) is 1. The molecule has 0 fully saturated rings. The molecule has 0 unspecified atom stereocenters. The molecule has 2 heterocycles. The lowest BCUT2D eigenvalue weighted by atomic mass is 10.3. The van der Waals surface area contributed by atoms with Crippen LogP contribution in [-0.4, -0.2) is 18.6 Å². The van der Waals surface area contributed by atoms with Crippen LogP contribution in [0, 0.1) is 12.7 Å². The van der Waals surface area contributed by atoms with Crippen molar-refractivity contribution < 1.29 is 12.8 Å². The lowest BCUT2D eigenvalue weighted by Crippen LogP contribution is -2.12. The van der Waals surface area contributed by atoms with Crippen molar-refractivity contribution in [3.05, 3.63) is 54.0 Å². The van der Waals surface area contributed by atoms with E-state index in [-0.39, 0.29) is 9.90 Å². The van der Waals surface area contributed by atoms with Crippen molar-refractivity contribution in [3.8, 4) is 10.6 Å². The summed E-state index contributed by atoms with van der Waals surface area (Å²) in [6.07, 6.45) is 0. The van der Waals surface area contributed by atoms with Gasteiger partial charge in [0, 0.05) is 5.69 Å². The van der Waals surface area contributed by atoms with Crippen molar-refractivity contribution in [2.75, 3.05) is 4.72 Å². The molecule has 5 nitrogen and oxygen atoms in total. The second-order valence-corrected chi connectivity index (χ2v) is 7.63. The van der Waals surface area contributed by atoms with Crippen LogP contribution in [0.15, 0.2) is 46.7 Å². The number of hydrogen-bond donors (Lipinski definition) is 2. The Morgan fingerprint density at radius 3 is 2.68 bits per heavy atom. The van der Waals surface area contributed by atoms with Gasteiger partial charge in [0.25, 0.3) is 10.0 Å². The van der Waals surface area contributed by atoms with Gasteiger partial charge >= 0.3 is 0 Å². The minimum Gasteiger partial charge on any atom is -0.282 e. The molecule has 0 amide bonds. The fourth-order valence-electron chi connectivity index (χ4n) is 1.89. The van der Waals surface area contributed by atoms with Crippen molar-refractivity contribution in [1.29, 1.82) is 0 Å². The van der Waals surface area contributed by atoms with Gasteiger partial charge in [0.15, 0.2) is 0 Å². The van der Waals surface area contributed by atoms with Crippen molar-refractivity contribution in [3.63, 3.8) is 0 Å². The van der Waals surface area contributed by atoms with Crippen LogP contribution in [0.25, 0.3) is 10.6 Å². The lowest BCUT2D eigenvalue weighted by Gasteiger charge is -2.06. The first-order valence-electron chi connectivity index (χ1n) is 6.35. The summed E-state index contributed by atoms with van der Waals surface area (Å²) in [5.74, 6) is -0.620. The molecule has 2 N–H and O–H groups in total. The Bertz CT molecular complexity index is 916. The third kappa shape index (κ3) is 2.88. The molecule has 0 saturated carbocycles. The highest BCUT2D eigenvalue weighted by molar-refractivity contribution is 7.94. The molecule has 22 heavy (non-hydrogen) atoms. The predicted molar refractivity (Wildman–Crippen MR) is 83.8 cm³/mol. The molecule has 8 heteroatoms. The Morgan fingerprint density at radius 2 is 2.00 bits per heavy atom. The maximum absolute atomic E-state index is 13.6. The minimum atomic E-state index is -3.83. The van der Waals surface area contributed by atoms with Crippen molar-refractivity contribution in [1.82, 2.24) is 10.2 Å². The molecule has 0 aliphatic rings. The monoisotopic (exact) mass is 337 g/mol. The van der Waals surface area contributed by atoms with E-state index in [1.54, 1.807) is 12.1 Å². The zero-order valence-electron chi connectivity index (χ0n) is 11.5. The van der Waals surface area contributed by atoms with E-state index in [4.69, 9.17) is 0 Å². The predicted octanol–water partition coefficient (Wildman–Crippen LogP) is 3.39. The van der Waals surface area contributed by atoms with E-state index in [1.807, 2.05) is 13.0 Å². The Balaban J connectivity index is 1.90. The molecule has 2 aromatic heterocycles. The van der Waals surface area contributed by atoms with Crippen LogP contribution in [0.4, 0.5) is 10.1 Å². The van der Waals surface area contributed by atoms with Gasteiger partial charge in [-0.2, -0.15) is 5.10 Å². The number of benzene rings is 1. The molecule has 0 radical (unpaired) electrons. The second-order valence-electron chi connectivity index (χ2n) is 4.64. The highest BCUT2D eigenvalue weighted by Crippen LogP contribution is 2.31. The number of thiophene rings is 1. The van der Waals surface area contributed by atoms with E-state index < -0.39 is 15.8 Å². The summed E-state index contributed by atoms with van der Waals surface area (Å²) >= 11 is 1.08. The van der Waals surface area contributed by atoms with Gasteiger partial charge in [-0.25, -0.2) is 12.8 Å². The zero-order valence-corrected chi connectivity index (χ0v) is 13.1. The maximum atomic E-state index is 13.6. The highest BCUT2D eigenvalue weighted by atomic mass is 32.2. The van der Waals surface area contributed by atoms with E-state index in [2.05, 4.69) is 14.9 Å². The molecule has 3 rings (SSSR count). The third-order valence-electron chi connectivity index (χ3n) is 2.92. The van der Waals surface area contributed by atoms with Crippen LogP contribution < -0.4 is 4.72 Å². The van der Waals surface area contributed by atoms with Crippen LogP contribution in [0.2, 0.25) is 0 Å². The first-order valence-corrected chi connectivity index (χ1v) is 8.65. The van der Waals surface area contributed by atoms with Crippen LogP contribution in [0.3, 0.4) is 0 Å². The molecular formula is C14H12FN3O2S2. The summed E-state index contributed by atoms with van der Waals surface area (Å²) in [6, 6.07) is 10.6. The fourth-order valence-corrected chi connectivity index (χ4v) is 4.22. The molecule has 0 atom stereocenters. The number of aromatic amines is 1. The van der Waals surface area contributed by atoms with Gasteiger partial charge in [0.2, 0.25) is 0 Å². The standard InChI is InChI=1S/C14H12FN3O2S2/c1-9-8-12(17-16-9)13-6-7-14(21-13)22(19,20)18-11-5-3-2-4-10(11)15/h2-8,18H,1H3,(H,16,17). The van der Waals surface area contributed by atoms with Gasteiger partial charge in [-0.05, 0) is 37.3 Å². The molecule has 0 bridgehead atoms. The lowest BCUT2D eigenvalue weighted by molar-refractivity contribution is 0.600. The summed E-state index contributed by atoms with van der Waals surface area (Å²) in [5.41, 5.74) is 1.49. The van der Waals surface area contributed by atoms with E-state index in [9.17, 15) is 12.8 Å². The topological polar surface area (TPSA) is 74.8 Å².